The van der Waals surface area contributed by atoms with Gasteiger partial charge in [0.15, 0.2) is 0 Å². The molecule has 19 heavy (non-hydrogen) atoms. The van der Waals surface area contributed by atoms with Crippen LogP contribution in [0.5, 0.6) is 0 Å². The van der Waals surface area contributed by atoms with E-state index in [9.17, 15) is 9.59 Å². The van der Waals surface area contributed by atoms with E-state index in [-0.39, 0.29) is 17.4 Å². The minimum atomic E-state index is -0.547. The highest BCUT2D eigenvalue weighted by Crippen LogP contribution is 2.45. The Kier molecular flexibility index (Phi) is 3.57. The molecule has 2 rings (SSSR count). The second-order valence-corrected chi connectivity index (χ2v) is 5.32. The van der Waals surface area contributed by atoms with E-state index in [2.05, 4.69) is 5.32 Å². The predicted octanol–water partition coefficient (Wildman–Crippen LogP) is 1.78. The third-order valence-electron chi connectivity index (χ3n) is 3.67. The number of hydrogen-bond acceptors (Lipinski definition) is 3. The highest BCUT2D eigenvalue weighted by molar-refractivity contribution is 5.93. The molecule has 0 aromatic heterocycles. The average molecular weight is 262 g/mol. The SMILES string of the molecule is CC(NC(=O)C1(C)CC1)c1ccc(C(=O)NO)cc1. The van der Waals surface area contributed by atoms with Gasteiger partial charge in [0.05, 0.1) is 6.04 Å². The number of carbonyl (C=O) groups excluding carboxylic acids is 2. The summed E-state index contributed by atoms with van der Waals surface area (Å²) in [6.07, 6.45) is 1.89. The Labute approximate surface area is 112 Å². The Bertz CT molecular complexity index is 492. The molecule has 102 valence electrons. The van der Waals surface area contributed by atoms with Crippen molar-refractivity contribution in [2.24, 2.45) is 5.41 Å². The maximum absolute atomic E-state index is 11.9. The van der Waals surface area contributed by atoms with Crippen molar-refractivity contribution in [3.8, 4) is 0 Å². The lowest BCUT2D eigenvalue weighted by Crippen LogP contribution is -2.32. The molecule has 0 saturated heterocycles. The molecule has 1 aliphatic rings. The molecule has 5 heteroatoms. The van der Waals surface area contributed by atoms with Crippen LogP contribution in [0.2, 0.25) is 0 Å². The molecule has 1 atom stereocenters. The maximum atomic E-state index is 11.9. The van der Waals surface area contributed by atoms with E-state index in [1.165, 1.54) is 0 Å². The number of nitrogens with one attached hydrogen (secondary N) is 2. The summed E-state index contributed by atoms with van der Waals surface area (Å²) in [5, 5.41) is 11.5. The van der Waals surface area contributed by atoms with E-state index in [1.54, 1.807) is 29.7 Å². The Morgan fingerprint density at radius 3 is 2.32 bits per heavy atom. The molecule has 1 aromatic carbocycles. The van der Waals surface area contributed by atoms with Crippen molar-refractivity contribution in [1.82, 2.24) is 10.8 Å². The van der Waals surface area contributed by atoms with Crippen molar-refractivity contribution in [2.45, 2.75) is 32.7 Å². The van der Waals surface area contributed by atoms with Gasteiger partial charge in [0.2, 0.25) is 5.91 Å². The summed E-state index contributed by atoms with van der Waals surface area (Å²) in [5.41, 5.74) is 2.69. The number of hydroxylamine groups is 1. The zero-order chi connectivity index (χ0) is 14.0. The van der Waals surface area contributed by atoms with Crippen LogP contribution in [0.1, 0.15) is 48.7 Å². The first-order valence-corrected chi connectivity index (χ1v) is 6.32. The van der Waals surface area contributed by atoms with Crippen LogP contribution in [0, 0.1) is 5.41 Å². The minimum absolute atomic E-state index is 0.0807. The van der Waals surface area contributed by atoms with E-state index in [0.29, 0.717) is 5.56 Å². The van der Waals surface area contributed by atoms with Crippen LogP contribution in [0.25, 0.3) is 0 Å². The summed E-state index contributed by atoms with van der Waals surface area (Å²) in [6, 6.07) is 6.66. The van der Waals surface area contributed by atoms with Gasteiger partial charge in [-0.05, 0) is 37.5 Å². The van der Waals surface area contributed by atoms with E-state index in [4.69, 9.17) is 5.21 Å². The largest absolute Gasteiger partial charge is 0.349 e. The summed E-state index contributed by atoms with van der Waals surface area (Å²) >= 11 is 0. The van der Waals surface area contributed by atoms with Crippen LogP contribution in [0.3, 0.4) is 0 Å². The van der Waals surface area contributed by atoms with Crippen LogP contribution < -0.4 is 10.8 Å². The lowest BCUT2D eigenvalue weighted by Gasteiger charge is -2.17. The fourth-order valence-electron chi connectivity index (χ4n) is 1.86. The second kappa shape index (κ2) is 5.01. The van der Waals surface area contributed by atoms with Gasteiger partial charge in [-0.3, -0.25) is 14.8 Å². The Balaban J connectivity index is 2.01. The smallest absolute Gasteiger partial charge is 0.274 e. The normalized spacial score (nSPS) is 17.4. The van der Waals surface area contributed by atoms with Crippen LogP contribution >= 0.6 is 0 Å². The standard InChI is InChI=1S/C14H18N2O3/c1-9(15-13(18)14(2)7-8-14)10-3-5-11(6-4-10)12(17)16-19/h3-6,9,19H,7-8H2,1-2H3,(H,15,18)(H,16,17). The minimum Gasteiger partial charge on any atom is -0.349 e. The van der Waals surface area contributed by atoms with E-state index in [1.807, 2.05) is 13.8 Å². The van der Waals surface area contributed by atoms with Gasteiger partial charge in [-0.2, -0.15) is 0 Å². The van der Waals surface area contributed by atoms with Gasteiger partial charge in [-0.1, -0.05) is 19.1 Å². The Morgan fingerprint density at radius 2 is 1.84 bits per heavy atom. The molecule has 0 spiro atoms. The molecule has 1 fully saturated rings. The molecule has 1 saturated carbocycles. The van der Waals surface area contributed by atoms with Crippen LogP contribution in [0.4, 0.5) is 0 Å². The van der Waals surface area contributed by atoms with Crippen LogP contribution in [-0.4, -0.2) is 17.0 Å². The van der Waals surface area contributed by atoms with Gasteiger partial charge in [-0.25, -0.2) is 5.48 Å². The topological polar surface area (TPSA) is 78.4 Å². The molecular weight excluding hydrogens is 244 g/mol. The van der Waals surface area contributed by atoms with E-state index >= 15 is 0 Å². The van der Waals surface area contributed by atoms with Crippen molar-refractivity contribution in [3.63, 3.8) is 0 Å². The zero-order valence-corrected chi connectivity index (χ0v) is 11.1. The predicted molar refractivity (Wildman–Crippen MR) is 69.6 cm³/mol. The third kappa shape index (κ3) is 2.93. The lowest BCUT2D eigenvalue weighted by molar-refractivity contribution is -0.126. The first-order valence-electron chi connectivity index (χ1n) is 6.32. The fourth-order valence-corrected chi connectivity index (χ4v) is 1.86. The summed E-state index contributed by atoms with van der Waals surface area (Å²) in [4.78, 5) is 23.1. The molecule has 3 N–H and O–H groups in total. The number of hydrogen-bond donors (Lipinski definition) is 3. The van der Waals surface area contributed by atoms with Crippen LogP contribution in [-0.2, 0) is 4.79 Å². The van der Waals surface area contributed by atoms with Crippen molar-refractivity contribution >= 4 is 11.8 Å². The molecule has 0 aliphatic heterocycles. The van der Waals surface area contributed by atoms with Crippen molar-refractivity contribution in [2.75, 3.05) is 0 Å². The summed E-state index contributed by atoms with van der Waals surface area (Å²) in [6.45, 7) is 3.87. The number of benzene rings is 1. The molecule has 1 unspecified atom stereocenters. The van der Waals surface area contributed by atoms with Gasteiger partial charge in [0.1, 0.15) is 0 Å². The fraction of sp³-hybridized carbons (Fsp3) is 0.429. The van der Waals surface area contributed by atoms with Crippen molar-refractivity contribution in [3.05, 3.63) is 35.4 Å². The van der Waals surface area contributed by atoms with Gasteiger partial charge >= 0.3 is 0 Å². The molecule has 0 bridgehead atoms. The number of carbonyl (C=O) groups is 2. The quantitative estimate of drug-likeness (QED) is 0.571. The molecule has 0 radical (unpaired) electrons. The summed E-state index contributed by atoms with van der Waals surface area (Å²) in [7, 11) is 0. The first kappa shape index (κ1) is 13.5. The second-order valence-electron chi connectivity index (χ2n) is 5.32. The number of amides is 2. The van der Waals surface area contributed by atoms with Crippen molar-refractivity contribution in [1.29, 1.82) is 0 Å². The molecule has 1 aliphatic carbocycles. The van der Waals surface area contributed by atoms with Crippen molar-refractivity contribution < 1.29 is 14.8 Å². The van der Waals surface area contributed by atoms with E-state index in [0.717, 1.165) is 18.4 Å². The molecule has 0 heterocycles. The average Bonchev–Trinajstić information content (AvgIpc) is 3.17. The summed E-state index contributed by atoms with van der Waals surface area (Å²) < 4.78 is 0. The molecule has 5 nitrogen and oxygen atoms in total. The highest BCUT2D eigenvalue weighted by Gasteiger charge is 2.45. The third-order valence-corrected chi connectivity index (χ3v) is 3.67. The summed E-state index contributed by atoms with van der Waals surface area (Å²) in [5.74, 6) is -0.467. The zero-order valence-electron chi connectivity index (χ0n) is 11.1. The van der Waals surface area contributed by atoms with Gasteiger partial charge < -0.3 is 5.32 Å². The number of rotatable bonds is 4. The maximum Gasteiger partial charge on any atom is 0.274 e. The molecular formula is C14H18N2O3. The van der Waals surface area contributed by atoms with E-state index < -0.39 is 5.91 Å². The van der Waals surface area contributed by atoms with Gasteiger partial charge in [0.25, 0.3) is 5.91 Å². The first-order chi connectivity index (χ1) is 8.96. The molecule has 1 aromatic rings. The highest BCUT2D eigenvalue weighted by atomic mass is 16.5. The lowest BCUT2D eigenvalue weighted by atomic mass is 10.0. The van der Waals surface area contributed by atoms with Crippen LogP contribution in [0.15, 0.2) is 24.3 Å². The monoisotopic (exact) mass is 262 g/mol. The molecule has 2 amide bonds. The Morgan fingerprint density at radius 1 is 1.26 bits per heavy atom. The van der Waals surface area contributed by atoms with Gasteiger partial charge in [-0.15, -0.1) is 0 Å². The van der Waals surface area contributed by atoms with Gasteiger partial charge in [0, 0.05) is 11.0 Å². The Hall–Kier alpha value is -1.88.